The van der Waals surface area contributed by atoms with E-state index in [0.717, 1.165) is 36.8 Å². The van der Waals surface area contributed by atoms with Crippen LogP contribution in [0.5, 0.6) is 0 Å². The van der Waals surface area contributed by atoms with Gasteiger partial charge < -0.3 is 21.1 Å². The van der Waals surface area contributed by atoms with Crippen LogP contribution in [-0.2, 0) is 22.6 Å². The number of nitrogens with one attached hydrogen (secondary N) is 2. The first kappa shape index (κ1) is 27.4. The number of rotatable bonds is 11. The molecule has 7 nitrogen and oxygen atoms in total. The van der Waals surface area contributed by atoms with Crippen LogP contribution in [0.15, 0.2) is 48.7 Å². The van der Waals surface area contributed by atoms with E-state index in [1.165, 1.54) is 18.2 Å². The van der Waals surface area contributed by atoms with Gasteiger partial charge in [-0.25, -0.2) is 18.7 Å². The van der Waals surface area contributed by atoms with Gasteiger partial charge in [0.25, 0.3) is 0 Å². The van der Waals surface area contributed by atoms with Crippen LogP contribution in [0.4, 0.5) is 20.4 Å². The zero-order valence-electron chi connectivity index (χ0n) is 21.8. The fourth-order valence-electron chi connectivity index (χ4n) is 4.56. The van der Waals surface area contributed by atoms with E-state index in [1.54, 1.807) is 6.20 Å². The smallest absolute Gasteiger partial charge is 0.323 e. The zero-order chi connectivity index (χ0) is 27.1. The molecule has 1 unspecified atom stereocenters. The average molecular weight is 524 g/mol. The Bertz CT molecular complexity index is 1210. The van der Waals surface area contributed by atoms with E-state index in [-0.39, 0.29) is 41.9 Å². The van der Waals surface area contributed by atoms with Crippen LogP contribution in [-0.4, -0.2) is 28.1 Å². The summed E-state index contributed by atoms with van der Waals surface area (Å²) in [4.78, 5) is 21.5. The third kappa shape index (κ3) is 7.25. The number of halogens is 2. The predicted octanol–water partition coefficient (Wildman–Crippen LogP) is 5.61. The van der Waals surface area contributed by atoms with Gasteiger partial charge in [-0.05, 0) is 55.7 Å². The van der Waals surface area contributed by atoms with Crippen LogP contribution in [0.3, 0.4) is 0 Å². The second-order valence-corrected chi connectivity index (χ2v) is 10.1. The van der Waals surface area contributed by atoms with E-state index < -0.39 is 11.6 Å². The van der Waals surface area contributed by atoms with Crippen LogP contribution in [0, 0.1) is 17.6 Å². The molecule has 0 bridgehead atoms. The second-order valence-electron chi connectivity index (χ2n) is 10.1. The molecule has 38 heavy (non-hydrogen) atoms. The maximum atomic E-state index is 14.0. The Morgan fingerprint density at radius 1 is 1.08 bits per heavy atom. The van der Waals surface area contributed by atoms with E-state index in [2.05, 4.69) is 34.4 Å². The summed E-state index contributed by atoms with van der Waals surface area (Å²) in [7, 11) is 0. The molecular formula is C29H35F2N5O2. The quantitative estimate of drug-likeness (QED) is 0.281. The minimum Gasteiger partial charge on any atom is -0.461 e. The summed E-state index contributed by atoms with van der Waals surface area (Å²) in [6.07, 6.45) is 6.44. The summed E-state index contributed by atoms with van der Waals surface area (Å²) < 4.78 is 33.7. The van der Waals surface area contributed by atoms with Crippen LogP contribution in [0.25, 0.3) is 11.3 Å². The fourth-order valence-corrected chi connectivity index (χ4v) is 4.56. The first-order valence-corrected chi connectivity index (χ1v) is 13.1. The molecule has 202 valence electrons. The summed E-state index contributed by atoms with van der Waals surface area (Å²) in [5.74, 6) is -0.735. The number of ether oxygens (including phenoxy) is 1. The van der Waals surface area contributed by atoms with Gasteiger partial charge >= 0.3 is 5.97 Å². The van der Waals surface area contributed by atoms with Gasteiger partial charge in [-0.15, -0.1) is 0 Å². The monoisotopic (exact) mass is 523 g/mol. The van der Waals surface area contributed by atoms with Gasteiger partial charge in [0, 0.05) is 24.2 Å². The molecule has 0 aliphatic heterocycles. The maximum Gasteiger partial charge on any atom is 0.323 e. The van der Waals surface area contributed by atoms with Gasteiger partial charge in [-0.3, -0.25) is 4.79 Å². The molecule has 9 heteroatoms. The number of benzene rings is 2. The molecule has 4 rings (SSSR count). The third-order valence-electron chi connectivity index (χ3n) is 6.67. The van der Waals surface area contributed by atoms with E-state index >= 15 is 0 Å². The Labute approximate surface area is 222 Å². The van der Waals surface area contributed by atoms with Crippen molar-refractivity contribution in [3.05, 3.63) is 71.4 Å². The average Bonchev–Trinajstić information content (AvgIpc) is 3.40. The lowest BCUT2D eigenvalue weighted by Crippen LogP contribution is -2.40. The van der Waals surface area contributed by atoms with E-state index in [9.17, 15) is 13.6 Å². The first-order valence-electron chi connectivity index (χ1n) is 13.1. The number of nitrogen functional groups attached to an aromatic ring is 1. The van der Waals surface area contributed by atoms with Crippen molar-refractivity contribution in [2.75, 3.05) is 11.1 Å². The van der Waals surface area contributed by atoms with Crippen molar-refractivity contribution in [3.8, 4) is 11.3 Å². The van der Waals surface area contributed by atoms with Gasteiger partial charge in [0.05, 0.1) is 11.9 Å². The predicted molar refractivity (Wildman–Crippen MR) is 144 cm³/mol. The van der Waals surface area contributed by atoms with Crippen molar-refractivity contribution in [1.82, 2.24) is 15.3 Å². The normalized spacial score (nSPS) is 14.6. The number of anilines is 2. The van der Waals surface area contributed by atoms with E-state index in [1.807, 2.05) is 24.3 Å². The molecule has 1 aliphatic rings. The molecule has 1 atom stereocenters. The van der Waals surface area contributed by atoms with Crippen molar-refractivity contribution < 1.29 is 18.3 Å². The minimum absolute atomic E-state index is 0.0457. The Kier molecular flexibility index (Phi) is 9.23. The molecule has 0 amide bonds. The van der Waals surface area contributed by atoms with Crippen molar-refractivity contribution >= 4 is 17.6 Å². The SMILES string of the molecule is CC(C)CC(NCc1ccc(-c2cnc(N)c(NCc3c(F)cccc3F)n2)cc1)C(=O)OC1CCCC1. The number of nitrogens with zero attached hydrogens (tertiary/aromatic N) is 2. The lowest BCUT2D eigenvalue weighted by molar-refractivity contribution is -0.151. The van der Waals surface area contributed by atoms with E-state index in [0.29, 0.717) is 24.6 Å². The maximum absolute atomic E-state index is 14.0. The summed E-state index contributed by atoms with van der Waals surface area (Å²) in [5, 5.41) is 6.25. The van der Waals surface area contributed by atoms with Gasteiger partial charge in [-0.1, -0.05) is 44.2 Å². The lowest BCUT2D eigenvalue weighted by Gasteiger charge is -2.22. The van der Waals surface area contributed by atoms with Crippen LogP contribution < -0.4 is 16.4 Å². The van der Waals surface area contributed by atoms with Crippen molar-refractivity contribution in [2.24, 2.45) is 5.92 Å². The Morgan fingerprint density at radius 3 is 2.42 bits per heavy atom. The van der Waals surface area contributed by atoms with Gasteiger partial charge in [0.1, 0.15) is 23.8 Å². The summed E-state index contributed by atoms with van der Waals surface area (Å²) >= 11 is 0. The van der Waals surface area contributed by atoms with Crippen molar-refractivity contribution in [3.63, 3.8) is 0 Å². The van der Waals surface area contributed by atoms with Gasteiger partial charge in [-0.2, -0.15) is 0 Å². The Morgan fingerprint density at radius 2 is 1.76 bits per heavy atom. The van der Waals surface area contributed by atoms with Crippen LogP contribution >= 0.6 is 0 Å². The summed E-state index contributed by atoms with van der Waals surface area (Å²) in [6.45, 7) is 4.59. The molecule has 1 saturated carbocycles. The van der Waals surface area contributed by atoms with Crippen molar-refractivity contribution in [2.45, 2.75) is 71.2 Å². The number of hydrogen-bond acceptors (Lipinski definition) is 7. The topological polar surface area (TPSA) is 102 Å². The Balaban J connectivity index is 1.39. The molecular weight excluding hydrogens is 488 g/mol. The minimum atomic E-state index is -0.646. The Hall–Kier alpha value is -3.59. The van der Waals surface area contributed by atoms with Gasteiger partial charge in [0.15, 0.2) is 11.6 Å². The number of carbonyl (C=O) groups is 1. The highest BCUT2D eigenvalue weighted by Crippen LogP contribution is 2.24. The number of nitrogens with two attached hydrogens (primary N) is 1. The second kappa shape index (κ2) is 12.8. The molecule has 0 saturated heterocycles. The van der Waals surface area contributed by atoms with E-state index in [4.69, 9.17) is 10.5 Å². The standard InChI is InChI=1S/C29H35F2N5O2/c1-18(2)14-25(29(37)38-21-6-3-4-7-21)33-15-19-10-12-20(13-11-19)26-17-34-27(32)28(36-26)35-16-22-23(30)8-5-9-24(22)31/h5,8-13,17-18,21,25,33H,3-4,6-7,14-16H2,1-2H3,(H2,32,34)(H,35,36). The van der Waals surface area contributed by atoms with Crippen LogP contribution in [0.1, 0.15) is 57.1 Å². The summed E-state index contributed by atoms with van der Waals surface area (Å²) in [5.41, 5.74) is 8.22. The molecule has 1 fully saturated rings. The van der Waals surface area contributed by atoms with Crippen molar-refractivity contribution in [1.29, 1.82) is 0 Å². The number of carbonyl (C=O) groups excluding carboxylic acids is 1. The first-order chi connectivity index (χ1) is 18.3. The number of hydrogen-bond donors (Lipinski definition) is 3. The largest absolute Gasteiger partial charge is 0.461 e. The van der Waals surface area contributed by atoms with Gasteiger partial charge in [0.2, 0.25) is 0 Å². The third-order valence-corrected chi connectivity index (χ3v) is 6.67. The highest BCUT2D eigenvalue weighted by atomic mass is 19.1. The molecule has 1 aliphatic carbocycles. The molecule has 3 aromatic rings. The number of esters is 1. The number of aromatic nitrogens is 2. The molecule has 1 aromatic heterocycles. The fraction of sp³-hybridized carbons (Fsp3) is 0.414. The lowest BCUT2D eigenvalue weighted by atomic mass is 10.0. The molecule has 1 heterocycles. The molecule has 2 aromatic carbocycles. The van der Waals surface area contributed by atoms with Crippen LogP contribution in [0.2, 0.25) is 0 Å². The molecule has 0 radical (unpaired) electrons. The highest BCUT2D eigenvalue weighted by molar-refractivity contribution is 5.76. The highest BCUT2D eigenvalue weighted by Gasteiger charge is 2.26. The summed E-state index contributed by atoms with van der Waals surface area (Å²) in [6, 6.07) is 11.1. The molecule has 0 spiro atoms. The molecule has 4 N–H and O–H groups in total. The zero-order valence-corrected chi connectivity index (χ0v) is 21.8.